The number of ether oxygens (including phenoxy) is 1. The van der Waals surface area contributed by atoms with Gasteiger partial charge in [-0.2, -0.15) is 0 Å². The Bertz CT molecular complexity index is 877. The summed E-state index contributed by atoms with van der Waals surface area (Å²) in [6, 6.07) is 16.2. The highest BCUT2D eigenvalue weighted by molar-refractivity contribution is 5.84. The third kappa shape index (κ3) is 4.73. The summed E-state index contributed by atoms with van der Waals surface area (Å²) in [5.74, 6) is -1.11. The van der Waals surface area contributed by atoms with Gasteiger partial charge in [0.1, 0.15) is 12.1 Å². The first-order valence-electron chi connectivity index (χ1n) is 10.4. The molecule has 0 spiro atoms. The number of allylic oxidation sites excluding steroid dienone is 1. The number of benzene rings is 2. The van der Waals surface area contributed by atoms with Gasteiger partial charge < -0.3 is 15.2 Å². The number of amides is 1. The van der Waals surface area contributed by atoms with Gasteiger partial charge >= 0.3 is 12.1 Å². The molecule has 0 radical (unpaired) electrons. The number of carbonyl (C=O) groups excluding carboxylic acids is 1. The van der Waals surface area contributed by atoms with Crippen molar-refractivity contribution >= 4 is 12.1 Å². The van der Waals surface area contributed by atoms with Crippen LogP contribution in [0.15, 0.2) is 61.2 Å². The first-order valence-corrected chi connectivity index (χ1v) is 10.4. The van der Waals surface area contributed by atoms with Crippen LogP contribution >= 0.6 is 0 Å². The number of hydrogen-bond donors (Lipinski definition) is 2. The second kappa shape index (κ2) is 9.61. The molecular formula is C25H29NO4. The second-order valence-corrected chi connectivity index (χ2v) is 7.98. The summed E-state index contributed by atoms with van der Waals surface area (Å²) < 4.78 is 5.50. The van der Waals surface area contributed by atoms with Gasteiger partial charge in [-0.3, -0.25) is 0 Å². The monoisotopic (exact) mass is 407 g/mol. The number of unbranched alkanes of at least 4 members (excludes halogenated alkanes) is 3. The lowest BCUT2D eigenvalue weighted by Crippen LogP contribution is -2.52. The zero-order valence-electron chi connectivity index (χ0n) is 17.4. The molecule has 3 rings (SSSR count). The molecule has 1 aliphatic rings. The number of fused-ring (bicyclic) bond motifs is 3. The lowest BCUT2D eigenvalue weighted by Gasteiger charge is -2.26. The molecule has 0 aromatic heterocycles. The van der Waals surface area contributed by atoms with Crippen LogP contribution in [0.25, 0.3) is 11.1 Å². The Morgan fingerprint density at radius 3 is 2.23 bits per heavy atom. The molecule has 1 amide bonds. The predicted molar refractivity (Wildman–Crippen MR) is 118 cm³/mol. The third-order valence-electron chi connectivity index (χ3n) is 5.78. The third-order valence-corrected chi connectivity index (χ3v) is 5.78. The van der Waals surface area contributed by atoms with Crippen molar-refractivity contribution in [3.05, 3.63) is 72.3 Å². The number of carboxylic acid groups (broad SMARTS) is 1. The fourth-order valence-electron chi connectivity index (χ4n) is 4.03. The molecule has 2 aromatic rings. The topological polar surface area (TPSA) is 75.6 Å². The van der Waals surface area contributed by atoms with E-state index in [1.54, 1.807) is 0 Å². The van der Waals surface area contributed by atoms with E-state index in [4.69, 9.17) is 4.74 Å². The zero-order chi connectivity index (χ0) is 21.6. The Labute approximate surface area is 177 Å². The van der Waals surface area contributed by atoms with Crippen LogP contribution < -0.4 is 5.32 Å². The SMILES string of the molecule is C=CCCCCC[C@@](C)(NC(=O)OCC1c2ccccc2-c2ccccc21)C(=O)O. The van der Waals surface area contributed by atoms with E-state index in [1.807, 2.05) is 42.5 Å². The smallest absolute Gasteiger partial charge is 0.408 e. The van der Waals surface area contributed by atoms with Gasteiger partial charge in [0.15, 0.2) is 0 Å². The van der Waals surface area contributed by atoms with E-state index < -0.39 is 17.6 Å². The molecule has 30 heavy (non-hydrogen) atoms. The van der Waals surface area contributed by atoms with E-state index in [9.17, 15) is 14.7 Å². The summed E-state index contributed by atoms with van der Waals surface area (Å²) in [6.45, 7) is 5.38. The molecule has 0 unspecified atom stereocenters. The van der Waals surface area contributed by atoms with Crippen LogP contribution in [0.4, 0.5) is 4.79 Å². The molecule has 2 N–H and O–H groups in total. The zero-order valence-corrected chi connectivity index (χ0v) is 17.4. The maximum Gasteiger partial charge on any atom is 0.408 e. The molecule has 5 nitrogen and oxygen atoms in total. The molecule has 1 aliphatic carbocycles. The Morgan fingerprint density at radius 2 is 1.67 bits per heavy atom. The largest absolute Gasteiger partial charge is 0.480 e. The second-order valence-electron chi connectivity index (χ2n) is 7.98. The maximum atomic E-state index is 12.5. The summed E-state index contributed by atoms with van der Waals surface area (Å²) in [5, 5.41) is 12.2. The Hall–Kier alpha value is -3.08. The van der Waals surface area contributed by atoms with Crippen LogP contribution in [0, 0.1) is 0 Å². The van der Waals surface area contributed by atoms with Crippen LogP contribution in [-0.4, -0.2) is 29.3 Å². The molecule has 2 aromatic carbocycles. The molecule has 0 heterocycles. The number of hydrogen-bond acceptors (Lipinski definition) is 3. The van der Waals surface area contributed by atoms with Crippen molar-refractivity contribution in [2.45, 2.75) is 50.5 Å². The summed E-state index contributed by atoms with van der Waals surface area (Å²) in [6.07, 6.45) is 4.97. The summed E-state index contributed by atoms with van der Waals surface area (Å²) in [7, 11) is 0. The van der Waals surface area contributed by atoms with Crippen molar-refractivity contribution in [2.24, 2.45) is 0 Å². The molecule has 0 aliphatic heterocycles. The quantitative estimate of drug-likeness (QED) is 0.402. The van der Waals surface area contributed by atoms with E-state index in [2.05, 4.69) is 24.0 Å². The summed E-state index contributed by atoms with van der Waals surface area (Å²) in [4.78, 5) is 24.2. The average Bonchev–Trinajstić information content (AvgIpc) is 3.06. The fraction of sp³-hybridized carbons (Fsp3) is 0.360. The van der Waals surface area contributed by atoms with E-state index >= 15 is 0 Å². The predicted octanol–water partition coefficient (Wildman–Crippen LogP) is 5.50. The first kappa shape index (κ1) is 21.6. The minimum atomic E-state index is -1.35. The van der Waals surface area contributed by atoms with Crippen molar-refractivity contribution in [1.29, 1.82) is 0 Å². The van der Waals surface area contributed by atoms with Crippen molar-refractivity contribution in [3.8, 4) is 11.1 Å². The number of nitrogens with one attached hydrogen (secondary N) is 1. The van der Waals surface area contributed by atoms with Crippen LogP contribution in [0.5, 0.6) is 0 Å². The average molecular weight is 408 g/mol. The van der Waals surface area contributed by atoms with Gasteiger partial charge in [0, 0.05) is 5.92 Å². The number of carboxylic acids is 1. The first-order chi connectivity index (χ1) is 14.5. The Balaban J connectivity index is 1.62. The van der Waals surface area contributed by atoms with Crippen molar-refractivity contribution in [1.82, 2.24) is 5.32 Å². The number of alkyl carbamates (subject to hydrolysis) is 1. The lowest BCUT2D eigenvalue weighted by molar-refractivity contribution is -0.144. The van der Waals surface area contributed by atoms with Gasteiger partial charge in [0.05, 0.1) is 0 Å². The minimum Gasteiger partial charge on any atom is -0.480 e. The van der Waals surface area contributed by atoms with Crippen molar-refractivity contribution < 1.29 is 19.4 Å². The highest BCUT2D eigenvalue weighted by Gasteiger charge is 2.35. The molecular weight excluding hydrogens is 378 g/mol. The van der Waals surface area contributed by atoms with E-state index in [0.29, 0.717) is 12.8 Å². The molecule has 0 bridgehead atoms. The molecule has 1 atom stereocenters. The van der Waals surface area contributed by atoms with Gasteiger partial charge in [0.2, 0.25) is 0 Å². The number of rotatable bonds is 10. The van der Waals surface area contributed by atoms with Crippen LogP contribution in [0.2, 0.25) is 0 Å². The van der Waals surface area contributed by atoms with Crippen LogP contribution in [0.3, 0.4) is 0 Å². The number of carbonyl (C=O) groups is 2. The van der Waals surface area contributed by atoms with Gasteiger partial charge in [-0.25, -0.2) is 9.59 Å². The van der Waals surface area contributed by atoms with Gasteiger partial charge in [-0.05, 0) is 48.4 Å². The molecule has 158 valence electrons. The molecule has 5 heteroatoms. The van der Waals surface area contributed by atoms with Crippen LogP contribution in [0.1, 0.15) is 56.1 Å². The summed E-state index contributed by atoms with van der Waals surface area (Å²) in [5.41, 5.74) is 3.19. The van der Waals surface area contributed by atoms with Crippen molar-refractivity contribution in [2.75, 3.05) is 6.61 Å². The summed E-state index contributed by atoms with van der Waals surface area (Å²) >= 11 is 0. The minimum absolute atomic E-state index is 0.0573. The normalized spacial score (nSPS) is 14.3. The number of aliphatic carboxylic acids is 1. The molecule has 0 fully saturated rings. The lowest BCUT2D eigenvalue weighted by atomic mass is 9.94. The van der Waals surface area contributed by atoms with Gasteiger partial charge in [-0.15, -0.1) is 6.58 Å². The van der Waals surface area contributed by atoms with Crippen molar-refractivity contribution in [3.63, 3.8) is 0 Å². The molecule has 0 saturated carbocycles. The highest BCUT2D eigenvalue weighted by atomic mass is 16.5. The maximum absolute atomic E-state index is 12.5. The highest BCUT2D eigenvalue weighted by Crippen LogP contribution is 2.44. The van der Waals surface area contributed by atoms with E-state index in [-0.39, 0.29) is 12.5 Å². The van der Waals surface area contributed by atoms with Crippen LogP contribution in [-0.2, 0) is 9.53 Å². The fourth-order valence-corrected chi connectivity index (χ4v) is 4.03. The Kier molecular flexibility index (Phi) is 6.93. The molecule has 0 saturated heterocycles. The van der Waals surface area contributed by atoms with E-state index in [0.717, 1.165) is 41.5 Å². The van der Waals surface area contributed by atoms with Gasteiger partial charge in [-0.1, -0.05) is 67.4 Å². The standard InChI is InChI=1S/C25H29NO4/c1-3-4-5-6-11-16-25(2,23(27)28)26-24(29)30-17-22-20-14-9-7-12-18(20)19-13-8-10-15-21(19)22/h3,7-10,12-15,22H,1,4-6,11,16-17H2,2H3,(H,26,29)(H,27,28)/t25-/m1/s1. The Morgan fingerprint density at radius 1 is 1.07 bits per heavy atom. The van der Waals surface area contributed by atoms with E-state index in [1.165, 1.54) is 6.92 Å². The van der Waals surface area contributed by atoms with Gasteiger partial charge in [0.25, 0.3) is 0 Å².